The van der Waals surface area contributed by atoms with Gasteiger partial charge in [0.1, 0.15) is 23.8 Å². The maximum absolute atomic E-state index is 12.2. The minimum Gasteiger partial charge on any atom is -0.497 e. The summed E-state index contributed by atoms with van der Waals surface area (Å²) in [5, 5.41) is 8.34. The summed E-state index contributed by atoms with van der Waals surface area (Å²) in [5.74, 6) is 1.51. The number of carbonyl (C=O) groups excluding carboxylic acids is 1. The van der Waals surface area contributed by atoms with Crippen LogP contribution in [0.3, 0.4) is 0 Å². The summed E-state index contributed by atoms with van der Waals surface area (Å²) in [5.41, 5.74) is 3.41. The van der Waals surface area contributed by atoms with E-state index in [2.05, 4.69) is 10.3 Å². The highest BCUT2D eigenvalue weighted by Gasteiger charge is 2.05. The third kappa shape index (κ3) is 5.70. The van der Waals surface area contributed by atoms with E-state index in [1.54, 1.807) is 36.1 Å². The van der Waals surface area contributed by atoms with Crippen LogP contribution in [0.15, 0.2) is 91.1 Å². The summed E-state index contributed by atoms with van der Waals surface area (Å²) in [6.45, 7) is 0.923. The summed E-state index contributed by atoms with van der Waals surface area (Å²) >= 11 is 0. The standard InChI is InChI=1S/C26H23N3O3/c1-31-25-9-5-6-21(16-25)17-29-18-23(27-28-29)19-32-24-13-10-20(11-14-24)12-15-26(30)22-7-3-2-4-8-22/h2-16,18H,17,19H2,1H3. The molecule has 0 atom stereocenters. The second-order valence-corrected chi connectivity index (χ2v) is 7.18. The fourth-order valence-corrected chi connectivity index (χ4v) is 3.14. The number of rotatable bonds is 9. The monoisotopic (exact) mass is 425 g/mol. The van der Waals surface area contributed by atoms with Crippen molar-refractivity contribution in [3.8, 4) is 11.5 Å². The predicted molar refractivity (Wildman–Crippen MR) is 123 cm³/mol. The Bertz CT molecular complexity index is 1200. The third-order valence-corrected chi connectivity index (χ3v) is 4.82. The SMILES string of the molecule is COc1cccc(Cn2cc(COc3ccc(C=CC(=O)c4ccccc4)cc3)nn2)c1. The van der Waals surface area contributed by atoms with Gasteiger partial charge in [0.05, 0.1) is 19.9 Å². The van der Waals surface area contributed by atoms with E-state index in [-0.39, 0.29) is 5.78 Å². The molecule has 4 rings (SSSR count). The fourth-order valence-electron chi connectivity index (χ4n) is 3.14. The zero-order chi connectivity index (χ0) is 22.2. The van der Waals surface area contributed by atoms with Crippen molar-refractivity contribution in [1.82, 2.24) is 15.0 Å². The molecule has 1 aromatic heterocycles. The lowest BCUT2D eigenvalue weighted by Gasteiger charge is -2.05. The molecule has 0 fully saturated rings. The quantitative estimate of drug-likeness (QED) is 0.284. The highest BCUT2D eigenvalue weighted by molar-refractivity contribution is 6.06. The number of benzene rings is 3. The zero-order valence-electron chi connectivity index (χ0n) is 17.7. The first-order chi connectivity index (χ1) is 15.7. The van der Waals surface area contributed by atoms with Gasteiger partial charge in [-0.25, -0.2) is 4.68 Å². The van der Waals surface area contributed by atoms with E-state index in [9.17, 15) is 4.79 Å². The van der Waals surface area contributed by atoms with Gasteiger partial charge >= 0.3 is 0 Å². The molecule has 0 spiro atoms. The van der Waals surface area contributed by atoms with Crippen molar-refractivity contribution < 1.29 is 14.3 Å². The number of ether oxygens (including phenoxy) is 2. The number of hydrogen-bond donors (Lipinski definition) is 0. The topological polar surface area (TPSA) is 66.2 Å². The Morgan fingerprint density at radius 2 is 1.78 bits per heavy atom. The number of hydrogen-bond acceptors (Lipinski definition) is 5. The molecule has 0 N–H and O–H groups in total. The average molecular weight is 425 g/mol. The van der Waals surface area contributed by atoms with Gasteiger partial charge < -0.3 is 9.47 Å². The summed E-state index contributed by atoms with van der Waals surface area (Å²) in [6, 6.07) is 24.6. The van der Waals surface area contributed by atoms with E-state index in [1.165, 1.54) is 0 Å². The normalized spacial score (nSPS) is 10.9. The minimum absolute atomic E-state index is 0.0250. The Hall–Kier alpha value is -4.19. The minimum atomic E-state index is -0.0250. The first-order valence-electron chi connectivity index (χ1n) is 10.2. The van der Waals surface area contributed by atoms with Crippen molar-refractivity contribution in [1.29, 1.82) is 0 Å². The fraction of sp³-hybridized carbons (Fsp3) is 0.115. The molecule has 3 aromatic carbocycles. The summed E-state index contributed by atoms with van der Waals surface area (Å²) < 4.78 is 12.8. The number of carbonyl (C=O) groups is 1. The predicted octanol–water partition coefficient (Wildman–Crippen LogP) is 4.81. The molecule has 160 valence electrons. The lowest BCUT2D eigenvalue weighted by molar-refractivity contribution is 0.104. The molecule has 0 aliphatic carbocycles. The van der Waals surface area contributed by atoms with Crippen molar-refractivity contribution >= 4 is 11.9 Å². The number of ketones is 1. The first-order valence-corrected chi connectivity index (χ1v) is 10.2. The van der Waals surface area contributed by atoms with E-state index in [0.29, 0.717) is 18.7 Å². The summed E-state index contributed by atoms with van der Waals surface area (Å²) in [6.07, 6.45) is 5.24. The van der Waals surface area contributed by atoms with Gasteiger partial charge in [-0.3, -0.25) is 4.79 Å². The maximum atomic E-state index is 12.2. The molecule has 0 unspecified atom stereocenters. The Labute approximate surface area is 186 Å². The van der Waals surface area contributed by atoms with Crippen LogP contribution in [0.1, 0.15) is 27.2 Å². The highest BCUT2D eigenvalue weighted by Crippen LogP contribution is 2.16. The van der Waals surface area contributed by atoms with Crippen molar-refractivity contribution in [2.45, 2.75) is 13.2 Å². The van der Waals surface area contributed by atoms with Gasteiger partial charge in [0, 0.05) is 5.56 Å². The number of nitrogens with zero attached hydrogens (tertiary/aromatic N) is 3. The first kappa shape index (κ1) is 21.1. The average Bonchev–Trinajstić information content (AvgIpc) is 3.29. The van der Waals surface area contributed by atoms with E-state index < -0.39 is 0 Å². The Morgan fingerprint density at radius 1 is 0.969 bits per heavy atom. The van der Waals surface area contributed by atoms with Crippen molar-refractivity contribution in [2.24, 2.45) is 0 Å². The van der Waals surface area contributed by atoms with Crippen LogP contribution in [0.2, 0.25) is 0 Å². The van der Waals surface area contributed by atoms with Crippen LogP contribution in [0.5, 0.6) is 11.5 Å². The van der Waals surface area contributed by atoms with Crippen molar-refractivity contribution in [3.63, 3.8) is 0 Å². The molecule has 0 bridgehead atoms. The smallest absolute Gasteiger partial charge is 0.185 e. The largest absolute Gasteiger partial charge is 0.497 e. The molecule has 6 nitrogen and oxygen atoms in total. The Balaban J connectivity index is 1.30. The van der Waals surface area contributed by atoms with Crippen LogP contribution in [-0.2, 0) is 13.2 Å². The number of allylic oxidation sites excluding steroid dienone is 1. The Kier molecular flexibility index (Phi) is 6.72. The highest BCUT2D eigenvalue weighted by atomic mass is 16.5. The second kappa shape index (κ2) is 10.2. The van der Waals surface area contributed by atoms with Gasteiger partial charge in [-0.1, -0.05) is 65.9 Å². The maximum Gasteiger partial charge on any atom is 0.185 e. The van der Waals surface area contributed by atoms with E-state index >= 15 is 0 Å². The molecule has 6 heteroatoms. The van der Waals surface area contributed by atoms with Crippen LogP contribution in [0, 0.1) is 0 Å². The molecule has 0 saturated heterocycles. The third-order valence-electron chi connectivity index (χ3n) is 4.82. The molecule has 0 radical (unpaired) electrons. The molecule has 1 heterocycles. The molecule has 0 aliphatic heterocycles. The zero-order valence-corrected chi connectivity index (χ0v) is 17.7. The van der Waals surface area contributed by atoms with Gasteiger partial charge in [-0.2, -0.15) is 0 Å². The van der Waals surface area contributed by atoms with E-state index in [0.717, 1.165) is 28.3 Å². The van der Waals surface area contributed by atoms with E-state index in [4.69, 9.17) is 9.47 Å². The lowest BCUT2D eigenvalue weighted by Crippen LogP contribution is -2.00. The van der Waals surface area contributed by atoms with Gasteiger partial charge in [0.25, 0.3) is 0 Å². The summed E-state index contributed by atoms with van der Waals surface area (Å²) in [4.78, 5) is 12.2. The van der Waals surface area contributed by atoms with Gasteiger partial charge in [0.15, 0.2) is 5.78 Å². The molecular formula is C26H23N3O3. The molecule has 0 amide bonds. The van der Waals surface area contributed by atoms with Gasteiger partial charge in [-0.15, -0.1) is 5.10 Å². The van der Waals surface area contributed by atoms with Crippen LogP contribution in [-0.4, -0.2) is 27.9 Å². The molecular weight excluding hydrogens is 402 g/mol. The lowest BCUT2D eigenvalue weighted by atomic mass is 10.1. The van der Waals surface area contributed by atoms with Crippen LogP contribution in [0.4, 0.5) is 0 Å². The Morgan fingerprint density at radius 3 is 2.56 bits per heavy atom. The molecule has 0 aliphatic rings. The van der Waals surface area contributed by atoms with Gasteiger partial charge in [-0.05, 0) is 41.5 Å². The van der Waals surface area contributed by atoms with Crippen molar-refractivity contribution in [2.75, 3.05) is 7.11 Å². The van der Waals surface area contributed by atoms with E-state index in [1.807, 2.05) is 72.9 Å². The van der Waals surface area contributed by atoms with Crippen LogP contribution >= 0.6 is 0 Å². The molecule has 0 saturated carbocycles. The molecule has 4 aromatic rings. The van der Waals surface area contributed by atoms with Crippen LogP contribution in [0.25, 0.3) is 6.08 Å². The van der Waals surface area contributed by atoms with Crippen LogP contribution < -0.4 is 9.47 Å². The second-order valence-electron chi connectivity index (χ2n) is 7.18. The van der Waals surface area contributed by atoms with Crippen molar-refractivity contribution in [3.05, 3.63) is 114 Å². The van der Waals surface area contributed by atoms with Gasteiger partial charge in [0.2, 0.25) is 0 Å². The number of methoxy groups -OCH3 is 1. The molecule has 32 heavy (non-hydrogen) atoms. The summed E-state index contributed by atoms with van der Waals surface area (Å²) in [7, 11) is 1.65. The number of aromatic nitrogens is 3.